The van der Waals surface area contributed by atoms with Crippen molar-refractivity contribution in [3.63, 3.8) is 0 Å². The minimum Gasteiger partial charge on any atom is -0.507 e. The second-order valence-electron chi connectivity index (χ2n) is 5.36. The van der Waals surface area contributed by atoms with Gasteiger partial charge in [-0.05, 0) is 30.2 Å². The summed E-state index contributed by atoms with van der Waals surface area (Å²) in [7, 11) is 0. The Morgan fingerprint density at radius 1 is 1.25 bits per heavy atom. The summed E-state index contributed by atoms with van der Waals surface area (Å²) in [5, 5.41) is 12.8. The van der Waals surface area contributed by atoms with Crippen molar-refractivity contribution in [3.05, 3.63) is 75.0 Å². The highest BCUT2D eigenvalue weighted by Crippen LogP contribution is 2.33. The van der Waals surface area contributed by atoms with Crippen molar-refractivity contribution in [2.45, 2.75) is 13.5 Å². The maximum Gasteiger partial charge on any atom is 0.261 e. The van der Waals surface area contributed by atoms with Crippen molar-refractivity contribution in [1.82, 2.24) is 10.3 Å². The molecule has 0 aliphatic heterocycles. The number of rotatable bonds is 4. The second-order valence-corrected chi connectivity index (χ2v) is 6.41. The van der Waals surface area contributed by atoms with E-state index in [2.05, 4.69) is 10.3 Å². The van der Waals surface area contributed by atoms with Gasteiger partial charge in [-0.1, -0.05) is 30.3 Å². The van der Waals surface area contributed by atoms with Gasteiger partial charge in [0.2, 0.25) is 0 Å². The molecule has 2 aromatic heterocycles. The van der Waals surface area contributed by atoms with E-state index in [9.17, 15) is 14.7 Å². The van der Waals surface area contributed by atoms with Crippen molar-refractivity contribution >= 4 is 17.2 Å². The Kier molecular flexibility index (Phi) is 4.48. The van der Waals surface area contributed by atoms with E-state index in [1.54, 1.807) is 6.07 Å². The number of thiophene rings is 1. The smallest absolute Gasteiger partial charge is 0.261 e. The van der Waals surface area contributed by atoms with E-state index in [4.69, 9.17) is 0 Å². The van der Waals surface area contributed by atoms with Crippen molar-refractivity contribution in [3.8, 4) is 16.2 Å². The van der Waals surface area contributed by atoms with E-state index >= 15 is 0 Å². The van der Waals surface area contributed by atoms with Crippen molar-refractivity contribution in [1.29, 1.82) is 0 Å². The highest BCUT2D eigenvalue weighted by Gasteiger charge is 2.18. The highest BCUT2D eigenvalue weighted by molar-refractivity contribution is 7.17. The average Bonchev–Trinajstić information content (AvgIpc) is 2.95. The van der Waals surface area contributed by atoms with Gasteiger partial charge in [-0.25, -0.2) is 0 Å². The van der Waals surface area contributed by atoms with Gasteiger partial charge in [-0.2, -0.15) is 0 Å². The number of hydrogen-bond acceptors (Lipinski definition) is 4. The van der Waals surface area contributed by atoms with Crippen LogP contribution in [0.2, 0.25) is 0 Å². The fourth-order valence-electron chi connectivity index (χ4n) is 2.40. The Balaban J connectivity index is 1.84. The van der Waals surface area contributed by atoms with Crippen LogP contribution in [0.15, 0.2) is 53.5 Å². The molecule has 24 heavy (non-hydrogen) atoms. The molecule has 3 aromatic rings. The predicted molar refractivity (Wildman–Crippen MR) is 94.4 cm³/mol. The molecular weight excluding hydrogens is 324 g/mol. The van der Waals surface area contributed by atoms with Crippen LogP contribution in [-0.4, -0.2) is 16.0 Å². The lowest BCUT2D eigenvalue weighted by Crippen LogP contribution is -2.22. The third kappa shape index (κ3) is 3.23. The lowest BCUT2D eigenvalue weighted by Gasteiger charge is -2.04. The molecule has 3 N–H and O–H groups in total. The maximum absolute atomic E-state index is 12.4. The number of pyridine rings is 1. The quantitative estimate of drug-likeness (QED) is 0.683. The van der Waals surface area contributed by atoms with Gasteiger partial charge < -0.3 is 15.4 Å². The molecule has 0 atom stereocenters. The van der Waals surface area contributed by atoms with Crippen LogP contribution in [0.25, 0.3) is 10.4 Å². The number of amides is 1. The van der Waals surface area contributed by atoms with Crippen molar-refractivity contribution < 1.29 is 9.90 Å². The number of aryl methyl sites for hydroxylation is 1. The van der Waals surface area contributed by atoms with Crippen LogP contribution in [-0.2, 0) is 6.54 Å². The van der Waals surface area contributed by atoms with Gasteiger partial charge in [-0.3, -0.25) is 9.59 Å². The summed E-state index contributed by atoms with van der Waals surface area (Å²) in [5.74, 6) is -0.296. The molecule has 0 unspecified atom stereocenters. The lowest BCUT2D eigenvalue weighted by molar-refractivity contribution is 0.0954. The van der Waals surface area contributed by atoms with Crippen LogP contribution in [0.1, 0.15) is 20.8 Å². The number of carbonyl (C=O) groups excluding carboxylic acids is 1. The normalized spacial score (nSPS) is 10.5. The molecule has 0 saturated carbocycles. The van der Waals surface area contributed by atoms with E-state index in [-0.39, 0.29) is 22.8 Å². The van der Waals surface area contributed by atoms with Gasteiger partial charge in [0.25, 0.3) is 11.5 Å². The van der Waals surface area contributed by atoms with Gasteiger partial charge in [0.05, 0.1) is 10.4 Å². The van der Waals surface area contributed by atoms with Crippen LogP contribution in [0.4, 0.5) is 0 Å². The first-order valence-corrected chi connectivity index (χ1v) is 8.21. The van der Waals surface area contributed by atoms with Gasteiger partial charge in [0.1, 0.15) is 5.75 Å². The Hall–Kier alpha value is -2.86. The van der Waals surface area contributed by atoms with Crippen LogP contribution in [0.5, 0.6) is 5.75 Å². The van der Waals surface area contributed by atoms with E-state index in [0.29, 0.717) is 16.3 Å². The summed E-state index contributed by atoms with van der Waals surface area (Å²) in [6.07, 6.45) is 1.38. The standard InChI is InChI=1S/C18H16N2O3S/c1-11-9-14(15-13(21)7-8-19-17(15)22)24-16(11)18(23)20-10-12-5-3-2-4-6-12/h2-9H,10H2,1H3,(H,20,23)(H2,19,21,22). The van der Waals surface area contributed by atoms with Crippen LogP contribution < -0.4 is 10.9 Å². The SMILES string of the molecule is Cc1cc(-c2c(O)cc[nH]c2=O)sc1C(=O)NCc1ccccc1. The largest absolute Gasteiger partial charge is 0.507 e. The van der Waals surface area contributed by atoms with E-state index in [1.807, 2.05) is 37.3 Å². The van der Waals surface area contributed by atoms with Crippen LogP contribution in [0, 0.1) is 6.92 Å². The van der Waals surface area contributed by atoms with Crippen molar-refractivity contribution in [2.24, 2.45) is 0 Å². The first kappa shape index (κ1) is 16.0. The van der Waals surface area contributed by atoms with E-state index in [1.165, 1.54) is 23.6 Å². The van der Waals surface area contributed by atoms with Gasteiger partial charge >= 0.3 is 0 Å². The molecule has 0 radical (unpaired) electrons. The van der Waals surface area contributed by atoms with E-state index < -0.39 is 0 Å². The average molecular weight is 340 g/mol. The van der Waals surface area contributed by atoms with Gasteiger partial charge in [0, 0.05) is 17.6 Å². The molecular formula is C18H16N2O3S. The summed E-state index contributed by atoms with van der Waals surface area (Å²) in [6.45, 7) is 2.25. The monoisotopic (exact) mass is 340 g/mol. The Morgan fingerprint density at radius 2 is 2.00 bits per heavy atom. The Labute approximate surface area is 142 Å². The number of aromatic amines is 1. The summed E-state index contributed by atoms with van der Waals surface area (Å²) >= 11 is 1.19. The number of aromatic nitrogens is 1. The van der Waals surface area contributed by atoms with Crippen molar-refractivity contribution in [2.75, 3.05) is 0 Å². The minimum absolute atomic E-state index is 0.101. The van der Waals surface area contributed by atoms with Gasteiger partial charge in [0.15, 0.2) is 0 Å². The molecule has 0 aliphatic carbocycles. The third-order valence-electron chi connectivity index (χ3n) is 3.61. The Bertz CT molecular complexity index is 929. The molecule has 1 amide bonds. The molecule has 122 valence electrons. The molecule has 0 fully saturated rings. The second kappa shape index (κ2) is 6.72. The first-order valence-electron chi connectivity index (χ1n) is 7.40. The zero-order valence-corrected chi connectivity index (χ0v) is 13.8. The molecule has 0 bridgehead atoms. The number of hydrogen-bond donors (Lipinski definition) is 3. The summed E-state index contributed by atoms with van der Waals surface area (Å²) in [5.41, 5.74) is 1.58. The predicted octanol–water partition coefficient (Wildman–Crippen LogP) is 3.05. The fourth-order valence-corrected chi connectivity index (χ4v) is 3.54. The number of benzene rings is 1. The number of aromatic hydroxyl groups is 1. The summed E-state index contributed by atoms with van der Waals surface area (Å²) in [4.78, 5) is 28.0. The van der Waals surface area contributed by atoms with Gasteiger partial charge in [-0.15, -0.1) is 11.3 Å². The molecule has 6 heteroatoms. The molecule has 0 saturated heterocycles. The highest BCUT2D eigenvalue weighted by atomic mass is 32.1. The molecule has 0 spiro atoms. The summed E-state index contributed by atoms with van der Waals surface area (Å²) < 4.78 is 0. The fraction of sp³-hybridized carbons (Fsp3) is 0.111. The number of carbonyl (C=O) groups is 1. The molecule has 2 heterocycles. The first-order chi connectivity index (χ1) is 11.6. The van der Waals surface area contributed by atoms with Crippen LogP contribution >= 0.6 is 11.3 Å². The number of H-pyrrole nitrogens is 1. The summed E-state index contributed by atoms with van der Waals surface area (Å²) in [6, 6.07) is 12.8. The Morgan fingerprint density at radius 3 is 2.71 bits per heavy atom. The minimum atomic E-state index is -0.382. The number of nitrogens with one attached hydrogen (secondary N) is 2. The molecule has 3 rings (SSSR count). The third-order valence-corrected chi connectivity index (χ3v) is 4.86. The maximum atomic E-state index is 12.4. The molecule has 1 aromatic carbocycles. The molecule has 5 nitrogen and oxygen atoms in total. The zero-order valence-electron chi connectivity index (χ0n) is 13.0. The zero-order chi connectivity index (χ0) is 17.1. The lowest BCUT2D eigenvalue weighted by atomic mass is 10.2. The van der Waals surface area contributed by atoms with Crippen LogP contribution in [0.3, 0.4) is 0 Å². The topological polar surface area (TPSA) is 82.2 Å². The molecule has 0 aliphatic rings. The van der Waals surface area contributed by atoms with E-state index in [0.717, 1.165) is 11.1 Å².